The van der Waals surface area contributed by atoms with Gasteiger partial charge in [0.25, 0.3) is 0 Å². The van der Waals surface area contributed by atoms with Gasteiger partial charge in [0.15, 0.2) is 0 Å². The third kappa shape index (κ3) is 3.32. The van der Waals surface area contributed by atoms with E-state index in [-0.39, 0.29) is 0 Å². The van der Waals surface area contributed by atoms with Crippen molar-refractivity contribution in [2.45, 2.75) is 12.8 Å². The number of thiazole rings is 1. The van der Waals surface area contributed by atoms with E-state index in [1.54, 1.807) is 11.3 Å². The third-order valence-electron chi connectivity index (χ3n) is 2.46. The summed E-state index contributed by atoms with van der Waals surface area (Å²) < 4.78 is 1.15. The second-order valence-corrected chi connectivity index (χ2v) is 5.98. The van der Waals surface area contributed by atoms with Gasteiger partial charge in [-0.1, -0.05) is 6.92 Å². The SMILES string of the molecule is CC(CNc1ccc(N)cc1I)c1nccs1. The van der Waals surface area contributed by atoms with Gasteiger partial charge in [0, 0.05) is 39.0 Å². The Hall–Kier alpha value is -0.820. The quantitative estimate of drug-likeness (QED) is 0.649. The standard InChI is InChI=1S/C12H14IN3S/c1-8(12-15-4-5-17-12)7-16-11-3-2-9(14)6-10(11)13/h2-6,8,16H,7,14H2,1H3. The highest BCUT2D eigenvalue weighted by Gasteiger charge is 2.08. The summed E-state index contributed by atoms with van der Waals surface area (Å²) in [7, 11) is 0. The first kappa shape index (κ1) is 12.6. The highest BCUT2D eigenvalue weighted by atomic mass is 127. The Bertz CT molecular complexity index is 485. The summed E-state index contributed by atoms with van der Waals surface area (Å²) in [5.74, 6) is 0.420. The first-order chi connectivity index (χ1) is 8.16. The molecule has 0 amide bonds. The second-order valence-electron chi connectivity index (χ2n) is 3.89. The Morgan fingerprint density at radius 3 is 3.00 bits per heavy atom. The lowest BCUT2D eigenvalue weighted by Gasteiger charge is -2.12. The zero-order chi connectivity index (χ0) is 12.3. The lowest BCUT2D eigenvalue weighted by atomic mass is 10.2. The summed E-state index contributed by atoms with van der Waals surface area (Å²) in [6.07, 6.45) is 1.85. The number of nitrogens with two attached hydrogens (primary N) is 1. The second kappa shape index (κ2) is 5.68. The lowest BCUT2D eigenvalue weighted by Crippen LogP contribution is -2.10. The van der Waals surface area contributed by atoms with Gasteiger partial charge in [-0.15, -0.1) is 11.3 Å². The van der Waals surface area contributed by atoms with Crippen molar-refractivity contribution in [3.05, 3.63) is 38.4 Å². The van der Waals surface area contributed by atoms with Crippen LogP contribution in [0.25, 0.3) is 0 Å². The molecule has 1 aromatic heterocycles. The normalized spacial score (nSPS) is 12.4. The van der Waals surface area contributed by atoms with E-state index in [4.69, 9.17) is 5.73 Å². The fourth-order valence-corrected chi connectivity index (χ4v) is 2.93. The Morgan fingerprint density at radius 2 is 2.35 bits per heavy atom. The smallest absolute Gasteiger partial charge is 0.0970 e. The molecule has 3 N–H and O–H groups in total. The minimum absolute atomic E-state index is 0.420. The number of rotatable bonds is 4. The van der Waals surface area contributed by atoms with Crippen LogP contribution in [0.3, 0.4) is 0 Å². The van der Waals surface area contributed by atoms with Gasteiger partial charge >= 0.3 is 0 Å². The molecular formula is C12H14IN3S. The fraction of sp³-hybridized carbons (Fsp3) is 0.250. The summed E-state index contributed by atoms with van der Waals surface area (Å²) in [4.78, 5) is 4.32. The van der Waals surface area contributed by atoms with Gasteiger partial charge in [0.1, 0.15) is 0 Å². The Labute approximate surface area is 119 Å². The minimum Gasteiger partial charge on any atom is -0.399 e. The monoisotopic (exact) mass is 359 g/mol. The van der Waals surface area contributed by atoms with Crippen molar-refractivity contribution in [3.63, 3.8) is 0 Å². The van der Waals surface area contributed by atoms with Gasteiger partial charge in [-0.05, 0) is 40.8 Å². The van der Waals surface area contributed by atoms with E-state index in [0.29, 0.717) is 5.92 Å². The molecule has 1 unspecified atom stereocenters. The first-order valence-electron chi connectivity index (χ1n) is 5.35. The number of aromatic nitrogens is 1. The molecule has 0 saturated heterocycles. The topological polar surface area (TPSA) is 50.9 Å². The predicted octanol–water partition coefficient (Wildman–Crippen LogP) is 3.55. The average molecular weight is 359 g/mol. The van der Waals surface area contributed by atoms with Crippen molar-refractivity contribution >= 4 is 45.3 Å². The summed E-state index contributed by atoms with van der Waals surface area (Å²) in [6.45, 7) is 3.06. The van der Waals surface area contributed by atoms with E-state index in [1.165, 1.54) is 5.01 Å². The van der Waals surface area contributed by atoms with Gasteiger partial charge in [-0.2, -0.15) is 0 Å². The number of hydrogen-bond acceptors (Lipinski definition) is 4. The van der Waals surface area contributed by atoms with Gasteiger partial charge in [0.05, 0.1) is 5.01 Å². The lowest BCUT2D eigenvalue weighted by molar-refractivity contribution is 0.794. The van der Waals surface area contributed by atoms with Crippen LogP contribution in [0.5, 0.6) is 0 Å². The summed E-state index contributed by atoms with van der Waals surface area (Å²) in [6, 6.07) is 5.90. The van der Waals surface area contributed by atoms with E-state index in [9.17, 15) is 0 Å². The summed E-state index contributed by atoms with van der Waals surface area (Å²) in [5, 5.41) is 6.61. The van der Waals surface area contributed by atoms with Crippen LogP contribution in [0.2, 0.25) is 0 Å². The van der Waals surface area contributed by atoms with Crippen LogP contribution in [0.4, 0.5) is 11.4 Å². The molecule has 0 saturated carbocycles. The largest absolute Gasteiger partial charge is 0.399 e. The highest BCUT2D eigenvalue weighted by Crippen LogP contribution is 2.23. The van der Waals surface area contributed by atoms with E-state index in [2.05, 4.69) is 39.8 Å². The summed E-state index contributed by atoms with van der Waals surface area (Å²) in [5.41, 5.74) is 7.65. The van der Waals surface area contributed by atoms with Crippen LogP contribution in [-0.4, -0.2) is 11.5 Å². The number of anilines is 2. The van der Waals surface area contributed by atoms with Gasteiger partial charge in [-0.3, -0.25) is 0 Å². The fourth-order valence-electron chi connectivity index (χ4n) is 1.50. The number of benzene rings is 1. The Kier molecular flexibility index (Phi) is 4.22. The van der Waals surface area contributed by atoms with Crippen molar-refractivity contribution in [3.8, 4) is 0 Å². The number of nitrogen functional groups attached to an aromatic ring is 1. The molecule has 1 heterocycles. The van der Waals surface area contributed by atoms with Crippen LogP contribution in [0, 0.1) is 3.57 Å². The van der Waals surface area contributed by atoms with Crippen LogP contribution >= 0.6 is 33.9 Å². The average Bonchev–Trinajstić information content (AvgIpc) is 2.81. The maximum absolute atomic E-state index is 5.72. The molecule has 2 rings (SSSR count). The van der Waals surface area contributed by atoms with Gasteiger partial charge in [0.2, 0.25) is 0 Å². The summed E-state index contributed by atoms with van der Waals surface area (Å²) >= 11 is 3.99. The number of hydrogen-bond donors (Lipinski definition) is 2. The molecule has 0 radical (unpaired) electrons. The van der Waals surface area contributed by atoms with E-state index in [0.717, 1.165) is 21.5 Å². The molecule has 5 heteroatoms. The highest BCUT2D eigenvalue weighted by molar-refractivity contribution is 14.1. The minimum atomic E-state index is 0.420. The van der Waals surface area contributed by atoms with Crippen LogP contribution in [-0.2, 0) is 0 Å². The molecule has 1 aromatic carbocycles. The van der Waals surface area contributed by atoms with Crippen molar-refractivity contribution in [1.82, 2.24) is 4.98 Å². The first-order valence-corrected chi connectivity index (χ1v) is 7.31. The van der Waals surface area contributed by atoms with Crippen molar-refractivity contribution in [1.29, 1.82) is 0 Å². The van der Waals surface area contributed by atoms with E-state index >= 15 is 0 Å². The molecule has 3 nitrogen and oxygen atoms in total. The van der Waals surface area contributed by atoms with Crippen molar-refractivity contribution in [2.24, 2.45) is 0 Å². The molecule has 0 fully saturated rings. The predicted molar refractivity (Wildman–Crippen MR) is 82.6 cm³/mol. The molecule has 2 aromatic rings. The molecule has 0 spiro atoms. The van der Waals surface area contributed by atoms with Crippen molar-refractivity contribution < 1.29 is 0 Å². The van der Waals surface area contributed by atoms with Gasteiger partial charge < -0.3 is 11.1 Å². The van der Waals surface area contributed by atoms with E-state index in [1.807, 2.05) is 29.8 Å². The molecule has 0 aliphatic heterocycles. The third-order valence-corrected chi connectivity index (χ3v) is 4.36. The van der Waals surface area contributed by atoms with E-state index < -0.39 is 0 Å². The zero-order valence-electron chi connectivity index (χ0n) is 9.48. The van der Waals surface area contributed by atoms with Crippen LogP contribution < -0.4 is 11.1 Å². The Morgan fingerprint density at radius 1 is 1.53 bits per heavy atom. The van der Waals surface area contributed by atoms with Crippen LogP contribution in [0.15, 0.2) is 29.8 Å². The number of nitrogens with one attached hydrogen (secondary N) is 1. The molecule has 0 aliphatic carbocycles. The van der Waals surface area contributed by atoms with Gasteiger partial charge in [-0.25, -0.2) is 4.98 Å². The maximum Gasteiger partial charge on any atom is 0.0970 e. The molecule has 0 aliphatic rings. The van der Waals surface area contributed by atoms with Crippen molar-refractivity contribution in [2.75, 3.05) is 17.6 Å². The maximum atomic E-state index is 5.72. The number of nitrogens with zero attached hydrogens (tertiary/aromatic N) is 1. The molecule has 90 valence electrons. The molecule has 1 atom stereocenters. The molecular weight excluding hydrogens is 345 g/mol. The Balaban J connectivity index is 1.98. The number of halogens is 1. The van der Waals surface area contributed by atoms with Crippen LogP contribution in [0.1, 0.15) is 17.8 Å². The zero-order valence-corrected chi connectivity index (χ0v) is 12.5. The molecule has 0 bridgehead atoms. The molecule has 17 heavy (non-hydrogen) atoms.